The lowest BCUT2D eigenvalue weighted by Gasteiger charge is -2.31. The monoisotopic (exact) mass is 528 g/mol. The molecule has 0 spiro atoms. The van der Waals surface area contributed by atoms with Gasteiger partial charge in [0.25, 0.3) is 0 Å². The van der Waals surface area contributed by atoms with Crippen LogP contribution in [0.15, 0.2) is 122 Å². The van der Waals surface area contributed by atoms with Gasteiger partial charge in [-0.2, -0.15) is 10.9 Å². The largest absolute Gasteiger partial charge is 0.606 e. The van der Waals surface area contributed by atoms with Crippen LogP contribution in [0.4, 0.5) is 0 Å². The van der Waals surface area contributed by atoms with Crippen molar-refractivity contribution in [1.29, 1.82) is 0 Å². The molecule has 0 unspecified atom stereocenters. The van der Waals surface area contributed by atoms with Crippen molar-refractivity contribution in [1.82, 2.24) is 0 Å². The SMILES string of the molecule is [O-][S+]1c2ccccc2[SH](c2ccc(Oc3ccc(I)cc3)cc2)c2ccccc21. The highest BCUT2D eigenvalue weighted by Gasteiger charge is 2.33. The van der Waals surface area contributed by atoms with Gasteiger partial charge < -0.3 is 9.29 Å². The van der Waals surface area contributed by atoms with Gasteiger partial charge in [0.05, 0.1) is 9.79 Å². The molecule has 0 fully saturated rings. The van der Waals surface area contributed by atoms with E-state index in [0.717, 1.165) is 21.3 Å². The zero-order chi connectivity index (χ0) is 19.8. The zero-order valence-corrected chi connectivity index (χ0v) is 19.2. The lowest BCUT2D eigenvalue weighted by molar-refractivity contribution is 0.482. The second kappa shape index (κ2) is 8.07. The van der Waals surface area contributed by atoms with Gasteiger partial charge in [0.2, 0.25) is 0 Å². The fraction of sp³-hybridized carbons (Fsp3) is 0. The highest BCUT2D eigenvalue weighted by molar-refractivity contribution is 14.1. The third-order valence-corrected chi connectivity index (χ3v) is 9.85. The van der Waals surface area contributed by atoms with Crippen molar-refractivity contribution in [2.45, 2.75) is 24.5 Å². The van der Waals surface area contributed by atoms with E-state index in [1.165, 1.54) is 18.3 Å². The zero-order valence-electron chi connectivity index (χ0n) is 15.3. The molecule has 0 amide bonds. The molecule has 0 saturated heterocycles. The summed E-state index contributed by atoms with van der Waals surface area (Å²) >= 11 is 1.16. The Kier molecular flexibility index (Phi) is 5.30. The molecule has 1 heterocycles. The first kappa shape index (κ1) is 19.1. The van der Waals surface area contributed by atoms with Crippen molar-refractivity contribution < 1.29 is 9.29 Å². The summed E-state index contributed by atoms with van der Waals surface area (Å²) in [7, 11) is -0.751. The molecular formula is C24H17IO2S2. The summed E-state index contributed by atoms with van der Waals surface area (Å²) in [4.78, 5) is 5.43. The number of hydrogen-bond acceptors (Lipinski definition) is 2. The number of ether oxygens (including phenoxy) is 1. The van der Waals surface area contributed by atoms with Gasteiger partial charge in [-0.15, -0.1) is 0 Å². The first-order valence-electron chi connectivity index (χ1n) is 9.14. The minimum absolute atomic E-state index is 0.751. The van der Waals surface area contributed by atoms with Crippen LogP contribution >= 0.6 is 33.5 Å². The lowest BCUT2D eigenvalue weighted by atomic mass is 10.3. The molecular weight excluding hydrogens is 511 g/mol. The van der Waals surface area contributed by atoms with E-state index in [4.69, 9.17) is 4.74 Å². The molecule has 0 saturated carbocycles. The van der Waals surface area contributed by atoms with Crippen LogP contribution in [0.1, 0.15) is 0 Å². The molecule has 4 aromatic carbocycles. The average Bonchev–Trinajstić information content (AvgIpc) is 2.77. The molecule has 0 aromatic heterocycles. The average molecular weight is 528 g/mol. The van der Waals surface area contributed by atoms with Gasteiger partial charge in [-0.25, -0.2) is 0 Å². The molecule has 1 aliphatic rings. The Morgan fingerprint density at radius 1 is 0.655 bits per heavy atom. The van der Waals surface area contributed by atoms with Crippen LogP contribution in [0.2, 0.25) is 0 Å². The molecule has 5 rings (SSSR count). The van der Waals surface area contributed by atoms with E-state index in [2.05, 4.69) is 46.9 Å². The third kappa shape index (κ3) is 3.68. The molecule has 0 N–H and O–H groups in total. The second-order valence-electron chi connectivity index (χ2n) is 6.59. The lowest BCUT2D eigenvalue weighted by Crippen LogP contribution is -2.12. The molecule has 29 heavy (non-hydrogen) atoms. The molecule has 1 aliphatic heterocycles. The maximum absolute atomic E-state index is 13.1. The number of fused-ring (bicyclic) bond motifs is 2. The first-order chi connectivity index (χ1) is 14.2. The van der Waals surface area contributed by atoms with Crippen molar-refractivity contribution in [3.8, 4) is 11.5 Å². The van der Waals surface area contributed by atoms with E-state index in [9.17, 15) is 4.55 Å². The highest BCUT2D eigenvalue weighted by atomic mass is 127. The third-order valence-electron chi connectivity index (χ3n) is 4.76. The van der Waals surface area contributed by atoms with E-state index in [1.54, 1.807) is 0 Å². The van der Waals surface area contributed by atoms with Crippen LogP contribution in [0.5, 0.6) is 11.5 Å². The van der Waals surface area contributed by atoms with E-state index >= 15 is 0 Å². The van der Waals surface area contributed by atoms with Crippen molar-refractivity contribution >= 4 is 44.7 Å². The highest BCUT2D eigenvalue weighted by Crippen LogP contribution is 2.59. The molecule has 5 heteroatoms. The van der Waals surface area contributed by atoms with Crippen molar-refractivity contribution in [2.24, 2.45) is 0 Å². The minimum Gasteiger partial charge on any atom is -0.606 e. The number of benzene rings is 4. The standard InChI is InChI=1S/C24H17IO2S2/c25-17-9-11-18(12-10-17)27-19-13-15-20(16-14-19)28-21-5-1-3-7-23(21)29(26)24-8-4-2-6-22(24)28/h1-16,28H. The molecule has 0 aliphatic carbocycles. The normalized spacial score (nSPS) is 18.6. The van der Waals surface area contributed by atoms with E-state index in [1.807, 2.05) is 72.8 Å². The fourth-order valence-corrected chi connectivity index (χ4v) is 8.31. The maximum atomic E-state index is 13.1. The van der Waals surface area contributed by atoms with Gasteiger partial charge in [-0.3, -0.25) is 0 Å². The molecule has 144 valence electrons. The van der Waals surface area contributed by atoms with Crippen molar-refractivity contribution in [3.05, 3.63) is 101 Å². The quantitative estimate of drug-likeness (QED) is 0.176. The Bertz CT molecular complexity index is 1110. The predicted molar refractivity (Wildman–Crippen MR) is 127 cm³/mol. The number of thiol groups is 1. The number of halogens is 1. The Hall–Kier alpha value is -1.93. The summed E-state index contributed by atoms with van der Waals surface area (Å²) in [6.45, 7) is 0. The molecule has 2 nitrogen and oxygen atoms in total. The molecule has 0 radical (unpaired) electrons. The van der Waals surface area contributed by atoms with Gasteiger partial charge >= 0.3 is 0 Å². The van der Waals surface area contributed by atoms with Gasteiger partial charge in [-0.1, -0.05) is 24.3 Å². The Labute approximate surface area is 189 Å². The smallest absolute Gasteiger partial charge is 0.170 e. The minimum atomic E-state index is -1.13. The molecule has 0 bridgehead atoms. The van der Waals surface area contributed by atoms with Crippen LogP contribution in [-0.2, 0) is 11.2 Å². The van der Waals surface area contributed by atoms with Crippen LogP contribution in [-0.4, -0.2) is 4.55 Å². The summed E-state index contributed by atoms with van der Waals surface area (Å²) in [5.74, 6) is 1.64. The van der Waals surface area contributed by atoms with Gasteiger partial charge in [0.1, 0.15) is 11.5 Å². The van der Waals surface area contributed by atoms with Gasteiger partial charge in [-0.05, 0) is 100 Å². The summed E-state index contributed by atoms with van der Waals surface area (Å²) in [6, 6.07) is 32.5. The Morgan fingerprint density at radius 2 is 1.14 bits per heavy atom. The van der Waals surface area contributed by atoms with Gasteiger partial charge in [0, 0.05) is 14.7 Å². The summed E-state index contributed by atoms with van der Waals surface area (Å²) in [5.41, 5.74) is 0. The van der Waals surface area contributed by atoms with Crippen molar-refractivity contribution in [2.75, 3.05) is 0 Å². The topological polar surface area (TPSA) is 32.3 Å². The van der Waals surface area contributed by atoms with Crippen LogP contribution < -0.4 is 4.74 Å². The Morgan fingerprint density at radius 3 is 1.69 bits per heavy atom. The summed E-state index contributed by atoms with van der Waals surface area (Å²) in [6.07, 6.45) is 0. The van der Waals surface area contributed by atoms with Crippen molar-refractivity contribution in [3.63, 3.8) is 0 Å². The van der Waals surface area contributed by atoms with Crippen LogP contribution in [0.25, 0.3) is 0 Å². The Balaban J connectivity index is 1.52. The van der Waals surface area contributed by atoms with E-state index in [0.29, 0.717) is 0 Å². The maximum Gasteiger partial charge on any atom is 0.170 e. The number of hydrogen-bond donors (Lipinski definition) is 1. The summed E-state index contributed by atoms with van der Waals surface area (Å²) < 4.78 is 20.2. The predicted octanol–water partition coefficient (Wildman–Crippen LogP) is 7.04. The van der Waals surface area contributed by atoms with E-state index < -0.39 is 22.1 Å². The molecule has 0 atom stereocenters. The second-order valence-corrected chi connectivity index (χ2v) is 11.4. The van der Waals surface area contributed by atoms with Crippen LogP contribution in [0.3, 0.4) is 0 Å². The van der Waals surface area contributed by atoms with E-state index in [-0.39, 0.29) is 0 Å². The summed E-state index contributed by atoms with van der Waals surface area (Å²) in [5, 5.41) is 0. The number of rotatable bonds is 3. The van der Waals surface area contributed by atoms with Gasteiger partial charge in [0.15, 0.2) is 9.79 Å². The fourth-order valence-electron chi connectivity index (χ4n) is 3.43. The van der Waals surface area contributed by atoms with Crippen LogP contribution in [0, 0.1) is 3.57 Å². The molecule has 4 aromatic rings. The first-order valence-corrected chi connectivity index (χ1v) is 12.7.